The van der Waals surface area contributed by atoms with Crippen molar-refractivity contribution >= 4 is 44.8 Å². The van der Waals surface area contributed by atoms with Crippen LogP contribution in [0.1, 0.15) is 33.9 Å². The molecule has 3 aromatic rings. The number of aryl methyl sites for hydroxylation is 1. The van der Waals surface area contributed by atoms with E-state index in [1.54, 1.807) is 10.6 Å². The van der Waals surface area contributed by atoms with Gasteiger partial charge in [-0.15, -0.1) is 11.3 Å². The van der Waals surface area contributed by atoms with Crippen LogP contribution in [0.15, 0.2) is 41.4 Å². The Kier molecular flexibility index (Phi) is 4.64. The van der Waals surface area contributed by atoms with Crippen LogP contribution in [0.25, 0.3) is 10.2 Å². The van der Waals surface area contributed by atoms with Crippen LogP contribution in [0, 0.1) is 6.92 Å². The van der Waals surface area contributed by atoms with E-state index >= 15 is 0 Å². The lowest BCUT2D eigenvalue weighted by atomic mass is 10.2. The number of aliphatic carboxylic acids is 1. The molecule has 2 heterocycles. The number of benzene rings is 1. The van der Waals surface area contributed by atoms with Gasteiger partial charge in [0, 0.05) is 4.88 Å². The molecule has 0 aliphatic rings. The van der Waals surface area contributed by atoms with E-state index < -0.39 is 12.0 Å². The lowest BCUT2D eigenvalue weighted by Gasteiger charge is -2.13. The van der Waals surface area contributed by atoms with Gasteiger partial charge in [-0.05, 0) is 37.6 Å². The van der Waals surface area contributed by atoms with E-state index in [9.17, 15) is 14.7 Å². The SMILES string of the molecule is CCC(C(=O)O)n1c(=NC(=O)c2ccc(C)s2)sc2ccccc21. The van der Waals surface area contributed by atoms with Gasteiger partial charge in [-0.3, -0.25) is 4.79 Å². The Morgan fingerprint density at radius 3 is 2.58 bits per heavy atom. The van der Waals surface area contributed by atoms with Crippen LogP contribution < -0.4 is 4.80 Å². The minimum absolute atomic E-state index is 0.339. The summed E-state index contributed by atoms with van der Waals surface area (Å²) in [6.45, 7) is 3.74. The van der Waals surface area contributed by atoms with Crippen molar-refractivity contribution in [2.75, 3.05) is 0 Å². The molecule has 1 aromatic carbocycles. The monoisotopic (exact) mass is 360 g/mol. The normalized spacial score (nSPS) is 13.3. The van der Waals surface area contributed by atoms with E-state index in [0.717, 1.165) is 15.1 Å². The first-order chi connectivity index (χ1) is 11.5. The summed E-state index contributed by atoms with van der Waals surface area (Å²) in [4.78, 5) is 30.3. The Hall–Kier alpha value is -2.25. The van der Waals surface area contributed by atoms with Gasteiger partial charge < -0.3 is 9.67 Å². The molecule has 1 unspecified atom stereocenters. The summed E-state index contributed by atoms with van der Waals surface area (Å²) < 4.78 is 2.56. The van der Waals surface area contributed by atoms with Gasteiger partial charge in [0.25, 0.3) is 5.91 Å². The molecular formula is C17H16N2O3S2. The number of hydrogen-bond donors (Lipinski definition) is 1. The molecule has 1 amide bonds. The van der Waals surface area contributed by atoms with Crippen molar-refractivity contribution in [1.29, 1.82) is 0 Å². The molecule has 5 nitrogen and oxygen atoms in total. The highest BCUT2D eigenvalue weighted by molar-refractivity contribution is 7.16. The van der Waals surface area contributed by atoms with Crippen LogP contribution in [0.4, 0.5) is 0 Å². The van der Waals surface area contributed by atoms with Crippen molar-refractivity contribution in [3.8, 4) is 0 Å². The predicted octanol–water partition coefficient (Wildman–Crippen LogP) is 3.85. The maximum atomic E-state index is 12.4. The molecule has 0 radical (unpaired) electrons. The van der Waals surface area contributed by atoms with E-state index in [1.807, 2.05) is 44.2 Å². The number of nitrogens with zero attached hydrogens (tertiary/aromatic N) is 2. The average Bonchev–Trinajstić information content (AvgIpc) is 3.12. The highest BCUT2D eigenvalue weighted by atomic mass is 32.1. The number of fused-ring (bicyclic) bond motifs is 1. The number of thiophene rings is 1. The zero-order valence-corrected chi connectivity index (χ0v) is 14.9. The van der Waals surface area contributed by atoms with Gasteiger partial charge in [-0.1, -0.05) is 30.4 Å². The quantitative estimate of drug-likeness (QED) is 0.768. The molecule has 0 aliphatic heterocycles. The molecule has 1 atom stereocenters. The summed E-state index contributed by atoms with van der Waals surface area (Å²) in [5.74, 6) is -1.27. The number of hydrogen-bond acceptors (Lipinski definition) is 4. The number of carbonyl (C=O) groups excluding carboxylic acids is 1. The van der Waals surface area contributed by atoms with Crippen LogP contribution >= 0.6 is 22.7 Å². The van der Waals surface area contributed by atoms with Gasteiger partial charge in [-0.2, -0.15) is 4.99 Å². The number of aromatic nitrogens is 1. The Bertz CT molecular complexity index is 981. The fraction of sp³-hybridized carbons (Fsp3) is 0.235. The number of amides is 1. The molecule has 0 aliphatic carbocycles. The number of thiazole rings is 1. The molecule has 2 aromatic heterocycles. The van der Waals surface area contributed by atoms with Gasteiger partial charge >= 0.3 is 5.97 Å². The lowest BCUT2D eigenvalue weighted by Crippen LogP contribution is -2.27. The van der Waals surface area contributed by atoms with Gasteiger partial charge in [-0.25, -0.2) is 4.79 Å². The third-order valence-electron chi connectivity index (χ3n) is 3.66. The molecule has 7 heteroatoms. The summed E-state index contributed by atoms with van der Waals surface area (Å²) in [6.07, 6.45) is 0.412. The second-order valence-electron chi connectivity index (χ2n) is 5.31. The first-order valence-corrected chi connectivity index (χ1v) is 9.13. The summed E-state index contributed by atoms with van der Waals surface area (Å²) in [5.41, 5.74) is 0.783. The second-order valence-corrected chi connectivity index (χ2v) is 7.61. The Morgan fingerprint density at radius 2 is 1.96 bits per heavy atom. The Balaban J connectivity index is 2.21. The molecule has 3 rings (SSSR count). The van der Waals surface area contributed by atoms with Gasteiger partial charge in [0.15, 0.2) is 4.80 Å². The van der Waals surface area contributed by atoms with Gasteiger partial charge in [0.1, 0.15) is 6.04 Å². The predicted molar refractivity (Wildman–Crippen MR) is 95.7 cm³/mol. The largest absolute Gasteiger partial charge is 0.480 e. The first-order valence-electron chi connectivity index (χ1n) is 7.49. The fourth-order valence-corrected chi connectivity index (χ4v) is 4.35. The van der Waals surface area contributed by atoms with Crippen molar-refractivity contribution < 1.29 is 14.7 Å². The number of rotatable bonds is 4. The summed E-state index contributed by atoms with van der Waals surface area (Å²) in [6, 6.07) is 10.4. The zero-order valence-electron chi connectivity index (χ0n) is 13.2. The topological polar surface area (TPSA) is 71.7 Å². The highest BCUT2D eigenvalue weighted by Gasteiger charge is 2.22. The minimum Gasteiger partial charge on any atom is -0.480 e. The average molecular weight is 360 g/mol. The van der Waals surface area contributed by atoms with E-state index in [-0.39, 0.29) is 5.91 Å². The molecule has 0 saturated carbocycles. The summed E-state index contributed by atoms with van der Waals surface area (Å²) >= 11 is 2.72. The number of carboxylic acid groups (broad SMARTS) is 1. The molecule has 24 heavy (non-hydrogen) atoms. The van der Waals surface area contributed by atoms with Crippen LogP contribution in [-0.4, -0.2) is 21.6 Å². The smallest absolute Gasteiger partial charge is 0.326 e. The third-order valence-corrected chi connectivity index (χ3v) is 5.69. The maximum Gasteiger partial charge on any atom is 0.326 e. The number of para-hydroxylation sites is 1. The van der Waals surface area contributed by atoms with Crippen LogP contribution in [-0.2, 0) is 4.79 Å². The highest BCUT2D eigenvalue weighted by Crippen LogP contribution is 2.23. The van der Waals surface area contributed by atoms with E-state index in [4.69, 9.17) is 0 Å². The van der Waals surface area contributed by atoms with Crippen LogP contribution in [0.3, 0.4) is 0 Å². The Labute approximate surface area is 146 Å². The third kappa shape index (κ3) is 3.05. The lowest BCUT2D eigenvalue weighted by molar-refractivity contribution is -0.140. The van der Waals surface area contributed by atoms with Gasteiger partial charge in [0.05, 0.1) is 15.1 Å². The molecule has 0 bridgehead atoms. The van der Waals surface area contributed by atoms with Crippen molar-refractivity contribution in [3.63, 3.8) is 0 Å². The van der Waals surface area contributed by atoms with Crippen molar-refractivity contribution in [1.82, 2.24) is 4.57 Å². The van der Waals surface area contributed by atoms with Crippen LogP contribution in [0.5, 0.6) is 0 Å². The minimum atomic E-state index is -0.929. The second kappa shape index (κ2) is 6.70. The fourth-order valence-electron chi connectivity index (χ4n) is 2.53. The first kappa shape index (κ1) is 16.6. The summed E-state index contributed by atoms with van der Waals surface area (Å²) in [5, 5.41) is 9.54. The van der Waals surface area contributed by atoms with E-state index in [1.165, 1.54) is 22.7 Å². The number of carbonyl (C=O) groups is 2. The molecule has 0 fully saturated rings. The van der Waals surface area contributed by atoms with Gasteiger partial charge in [0.2, 0.25) is 0 Å². The van der Waals surface area contributed by atoms with Crippen molar-refractivity contribution in [3.05, 3.63) is 51.0 Å². The van der Waals surface area contributed by atoms with E-state index in [0.29, 0.717) is 16.1 Å². The summed E-state index contributed by atoms with van der Waals surface area (Å²) in [7, 11) is 0. The molecule has 124 valence electrons. The standard InChI is InChI=1S/C17H16N2O3S2/c1-3-11(16(21)22)19-12-6-4-5-7-13(12)24-17(19)18-15(20)14-9-8-10(2)23-14/h4-9,11H,3H2,1-2H3,(H,21,22). The molecule has 0 spiro atoms. The molecular weight excluding hydrogens is 344 g/mol. The Morgan fingerprint density at radius 1 is 1.21 bits per heavy atom. The van der Waals surface area contributed by atoms with E-state index in [2.05, 4.69) is 4.99 Å². The zero-order chi connectivity index (χ0) is 17.3. The maximum absolute atomic E-state index is 12.4. The van der Waals surface area contributed by atoms with Crippen molar-refractivity contribution in [2.45, 2.75) is 26.3 Å². The van der Waals surface area contributed by atoms with Crippen molar-refractivity contribution in [2.24, 2.45) is 4.99 Å². The van der Waals surface area contributed by atoms with Crippen LogP contribution in [0.2, 0.25) is 0 Å². The number of carboxylic acids is 1. The molecule has 0 saturated heterocycles. The molecule has 1 N–H and O–H groups in total.